The van der Waals surface area contributed by atoms with Crippen molar-refractivity contribution < 1.29 is 19.4 Å². The fourth-order valence-electron chi connectivity index (χ4n) is 2.52. The van der Waals surface area contributed by atoms with E-state index in [1.165, 1.54) is 0 Å². The number of aliphatic hydroxyl groups is 1. The van der Waals surface area contributed by atoms with Gasteiger partial charge in [-0.2, -0.15) is 11.8 Å². The maximum absolute atomic E-state index is 12.5. The third kappa shape index (κ3) is 5.11. The molecule has 0 saturated carbocycles. The standard InChI is InChI=1S/C16H22BrNO4S/c1-21-12-2-3-14(17)13(10-12)15(20)18-11-16(22-7-6-19)4-8-23-9-5-16/h2-3,10,19H,4-9,11H2,1H3,(H,18,20). The Morgan fingerprint density at radius 2 is 2.17 bits per heavy atom. The summed E-state index contributed by atoms with van der Waals surface area (Å²) < 4.78 is 11.8. The Bertz CT molecular complexity index is 535. The number of halogens is 1. The Labute approximate surface area is 149 Å². The molecule has 0 aliphatic carbocycles. The van der Waals surface area contributed by atoms with Crippen LogP contribution < -0.4 is 10.1 Å². The van der Waals surface area contributed by atoms with Crippen LogP contribution in [0.15, 0.2) is 22.7 Å². The van der Waals surface area contributed by atoms with E-state index in [-0.39, 0.29) is 18.1 Å². The van der Waals surface area contributed by atoms with Crippen molar-refractivity contribution in [2.24, 2.45) is 0 Å². The van der Waals surface area contributed by atoms with Crippen molar-refractivity contribution in [3.8, 4) is 5.75 Å². The summed E-state index contributed by atoms with van der Waals surface area (Å²) >= 11 is 5.29. The number of thioether (sulfide) groups is 1. The lowest BCUT2D eigenvalue weighted by atomic mass is 9.96. The van der Waals surface area contributed by atoms with Gasteiger partial charge in [-0.15, -0.1) is 0 Å². The molecule has 7 heteroatoms. The van der Waals surface area contributed by atoms with Gasteiger partial charge in [0.1, 0.15) is 5.75 Å². The molecule has 23 heavy (non-hydrogen) atoms. The molecule has 1 saturated heterocycles. The largest absolute Gasteiger partial charge is 0.497 e. The monoisotopic (exact) mass is 403 g/mol. The highest BCUT2D eigenvalue weighted by molar-refractivity contribution is 9.10. The van der Waals surface area contributed by atoms with Crippen LogP contribution in [0.1, 0.15) is 23.2 Å². The summed E-state index contributed by atoms with van der Waals surface area (Å²) in [6.07, 6.45) is 1.74. The fraction of sp³-hybridized carbons (Fsp3) is 0.562. The number of ether oxygens (including phenoxy) is 2. The summed E-state index contributed by atoms with van der Waals surface area (Å²) in [5, 5.41) is 12.0. The molecule has 0 aromatic heterocycles. The predicted octanol–water partition coefficient (Wildman–Crippen LogP) is 2.46. The van der Waals surface area contributed by atoms with Crippen molar-refractivity contribution >= 4 is 33.6 Å². The highest BCUT2D eigenvalue weighted by atomic mass is 79.9. The van der Waals surface area contributed by atoms with Gasteiger partial charge in [0, 0.05) is 11.0 Å². The van der Waals surface area contributed by atoms with E-state index in [1.54, 1.807) is 25.3 Å². The molecule has 1 fully saturated rings. The van der Waals surface area contributed by atoms with Crippen LogP contribution in [0.2, 0.25) is 0 Å². The molecule has 0 bridgehead atoms. The maximum atomic E-state index is 12.5. The van der Waals surface area contributed by atoms with E-state index in [0.717, 1.165) is 28.8 Å². The van der Waals surface area contributed by atoms with E-state index in [9.17, 15) is 4.79 Å². The number of carbonyl (C=O) groups excluding carboxylic acids is 1. The zero-order chi connectivity index (χ0) is 16.7. The van der Waals surface area contributed by atoms with Gasteiger partial charge in [0.05, 0.1) is 31.5 Å². The molecule has 1 aliphatic heterocycles. The molecule has 0 radical (unpaired) electrons. The van der Waals surface area contributed by atoms with Gasteiger partial charge in [0.25, 0.3) is 5.91 Å². The van der Waals surface area contributed by atoms with Gasteiger partial charge in [-0.3, -0.25) is 4.79 Å². The molecule has 2 N–H and O–H groups in total. The molecule has 1 heterocycles. The number of methoxy groups -OCH3 is 1. The van der Waals surface area contributed by atoms with E-state index in [1.807, 2.05) is 11.8 Å². The molecule has 2 rings (SSSR count). The normalized spacial score (nSPS) is 16.8. The van der Waals surface area contributed by atoms with Gasteiger partial charge in [-0.25, -0.2) is 0 Å². The third-order valence-electron chi connectivity index (χ3n) is 3.89. The lowest BCUT2D eigenvalue weighted by Gasteiger charge is -2.37. The first-order valence-electron chi connectivity index (χ1n) is 7.54. The first kappa shape index (κ1) is 18.6. The number of nitrogens with one attached hydrogen (secondary N) is 1. The zero-order valence-corrected chi connectivity index (χ0v) is 15.5. The van der Waals surface area contributed by atoms with Crippen LogP contribution in [0.4, 0.5) is 0 Å². The molecule has 1 amide bonds. The Hall–Kier alpha value is -0.760. The number of benzene rings is 1. The Kier molecular flexibility index (Phi) is 7.20. The van der Waals surface area contributed by atoms with Gasteiger partial charge >= 0.3 is 0 Å². The van der Waals surface area contributed by atoms with Crippen LogP contribution in [0, 0.1) is 0 Å². The Morgan fingerprint density at radius 1 is 1.43 bits per heavy atom. The first-order chi connectivity index (χ1) is 11.1. The summed E-state index contributed by atoms with van der Waals surface area (Å²) in [6, 6.07) is 5.30. The van der Waals surface area contributed by atoms with E-state index < -0.39 is 0 Å². The SMILES string of the molecule is COc1ccc(Br)c(C(=O)NCC2(OCCO)CCSCC2)c1. The Morgan fingerprint density at radius 3 is 2.83 bits per heavy atom. The number of amides is 1. The average molecular weight is 404 g/mol. The van der Waals surface area contributed by atoms with Crippen molar-refractivity contribution in [1.29, 1.82) is 0 Å². The fourth-order valence-corrected chi connectivity index (χ4v) is 4.18. The van der Waals surface area contributed by atoms with Crippen molar-refractivity contribution in [3.63, 3.8) is 0 Å². The molecule has 5 nitrogen and oxygen atoms in total. The number of rotatable bonds is 7. The van der Waals surface area contributed by atoms with Crippen LogP contribution in [0.3, 0.4) is 0 Å². The lowest BCUT2D eigenvalue weighted by molar-refractivity contribution is -0.0608. The maximum Gasteiger partial charge on any atom is 0.252 e. The van der Waals surface area contributed by atoms with Crippen LogP contribution in [0.25, 0.3) is 0 Å². The molecular weight excluding hydrogens is 382 g/mol. The van der Waals surface area contributed by atoms with E-state index in [0.29, 0.717) is 24.5 Å². The second-order valence-corrected chi connectivity index (χ2v) is 7.47. The molecule has 0 atom stereocenters. The van der Waals surface area contributed by atoms with Crippen LogP contribution in [-0.2, 0) is 4.74 Å². The molecule has 1 aliphatic rings. The third-order valence-corrected chi connectivity index (χ3v) is 5.57. The van der Waals surface area contributed by atoms with Crippen molar-refractivity contribution in [3.05, 3.63) is 28.2 Å². The van der Waals surface area contributed by atoms with Gasteiger partial charge in [0.15, 0.2) is 0 Å². The van der Waals surface area contributed by atoms with E-state index >= 15 is 0 Å². The van der Waals surface area contributed by atoms with Crippen LogP contribution in [-0.4, -0.2) is 55.0 Å². The van der Waals surface area contributed by atoms with E-state index in [2.05, 4.69) is 21.2 Å². The molecular formula is C16H22BrNO4S. The minimum absolute atomic E-state index is 0.00965. The van der Waals surface area contributed by atoms with Crippen LogP contribution >= 0.6 is 27.7 Å². The lowest BCUT2D eigenvalue weighted by Crippen LogP contribution is -2.48. The average Bonchev–Trinajstić information content (AvgIpc) is 2.59. The Balaban J connectivity index is 2.03. The number of hydrogen-bond donors (Lipinski definition) is 2. The number of hydrogen-bond acceptors (Lipinski definition) is 5. The smallest absolute Gasteiger partial charge is 0.252 e. The molecule has 1 aromatic carbocycles. The predicted molar refractivity (Wildman–Crippen MR) is 95.4 cm³/mol. The second kappa shape index (κ2) is 8.92. The topological polar surface area (TPSA) is 67.8 Å². The summed E-state index contributed by atoms with van der Waals surface area (Å²) in [7, 11) is 1.57. The summed E-state index contributed by atoms with van der Waals surface area (Å²) in [6.45, 7) is 0.726. The van der Waals surface area contributed by atoms with Crippen molar-refractivity contribution in [2.75, 3.05) is 38.4 Å². The highest BCUT2D eigenvalue weighted by Crippen LogP contribution is 2.30. The summed E-state index contributed by atoms with van der Waals surface area (Å²) in [5.74, 6) is 2.48. The van der Waals surface area contributed by atoms with Gasteiger partial charge in [-0.1, -0.05) is 0 Å². The second-order valence-electron chi connectivity index (χ2n) is 5.40. The van der Waals surface area contributed by atoms with Gasteiger partial charge in [-0.05, 0) is 58.5 Å². The van der Waals surface area contributed by atoms with Gasteiger partial charge in [0.2, 0.25) is 0 Å². The summed E-state index contributed by atoms with van der Waals surface area (Å²) in [5.41, 5.74) is 0.154. The van der Waals surface area contributed by atoms with Gasteiger partial charge < -0.3 is 19.9 Å². The number of carbonyl (C=O) groups is 1. The van der Waals surface area contributed by atoms with Crippen molar-refractivity contribution in [1.82, 2.24) is 5.32 Å². The van der Waals surface area contributed by atoms with E-state index in [4.69, 9.17) is 14.6 Å². The zero-order valence-electron chi connectivity index (χ0n) is 13.1. The quantitative estimate of drug-likeness (QED) is 0.731. The molecule has 1 aromatic rings. The number of aliphatic hydroxyl groups excluding tert-OH is 1. The minimum Gasteiger partial charge on any atom is -0.497 e. The highest BCUT2D eigenvalue weighted by Gasteiger charge is 2.33. The van der Waals surface area contributed by atoms with Crippen molar-refractivity contribution in [2.45, 2.75) is 18.4 Å². The molecule has 128 valence electrons. The summed E-state index contributed by atoms with van der Waals surface area (Å²) in [4.78, 5) is 12.5. The molecule has 0 spiro atoms. The molecule has 0 unspecified atom stereocenters. The first-order valence-corrected chi connectivity index (χ1v) is 9.49. The minimum atomic E-state index is -0.380. The van der Waals surface area contributed by atoms with Crippen LogP contribution in [0.5, 0.6) is 5.75 Å².